The van der Waals surface area contributed by atoms with E-state index in [4.69, 9.17) is 9.15 Å². The molecule has 0 aliphatic heterocycles. The van der Waals surface area contributed by atoms with Gasteiger partial charge in [-0.3, -0.25) is 0 Å². The second kappa shape index (κ2) is 7.89. The normalized spacial score (nSPS) is 12.6. The van der Waals surface area contributed by atoms with Crippen molar-refractivity contribution < 1.29 is 9.15 Å². The van der Waals surface area contributed by atoms with Crippen molar-refractivity contribution >= 4 is 0 Å². The number of ether oxygens (including phenoxy) is 1. The molecule has 0 saturated heterocycles. The molecule has 21 heavy (non-hydrogen) atoms. The predicted molar refractivity (Wildman–Crippen MR) is 85.4 cm³/mol. The fourth-order valence-electron chi connectivity index (χ4n) is 2.03. The van der Waals surface area contributed by atoms with E-state index in [0.717, 1.165) is 31.1 Å². The van der Waals surface area contributed by atoms with E-state index in [0.29, 0.717) is 5.92 Å². The van der Waals surface area contributed by atoms with E-state index in [1.54, 1.807) is 6.26 Å². The lowest BCUT2D eigenvalue weighted by atomic mass is 10.1. The maximum Gasteiger partial charge on any atom is 0.120 e. The molecular formula is C18H25NO2. The average molecular weight is 287 g/mol. The lowest BCUT2D eigenvalue weighted by Gasteiger charge is -2.12. The smallest absolute Gasteiger partial charge is 0.120 e. The molecule has 3 nitrogen and oxygen atoms in total. The van der Waals surface area contributed by atoms with Crippen molar-refractivity contribution in [3.8, 4) is 5.75 Å². The van der Waals surface area contributed by atoms with Crippen LogP contribution in [0.3, 0.4) is 0 Å². The highest BCUT2D eigenvalue weighted by Crippen LogP contribution is 2.16. The Labute approximate surface area is 127 Å². The van der Waals surface area contributed by atoms with Crippen LogP contribution in [-0.4, -0.2) is 6.61 Å². The lowest BCUT2D eigenvalue weighted by molar-refractivity contribution is 0.289. The van der Waals surface area contributed by atoms with Crippen LogP contribution < -0.4 is 10.1 Å². The highest BCUT2D eigenvalue weighted by Gasteiger charge is 2.07. The molecule has 2 rings (SSSR count). The Morgan fingerprint density at radius 3 is 2.48 bits per heavy atom. The second-order valence-electron chi connectivity index (χ2n) is 5.79. The number of benzene rings is 1. The van der Waals surface area contributed by atoms with Gasteiger partial charge in [0.15, 0.2) is 0 Å². The van der Waals surface area contributed by atoms with Gasteiger partial charge in [-0.2, -0.15) is 0 Å². The van der Waals surface area contributed by atoms with E-state index in [9.17, 15) is 0 Å². The summed E-state index contributed by atoms with van der Waals surface area (Å²) in [7, 11) is 0. The van der Waals surface area contributed by atoms with E-state index in [-0.39, 0.29) is 6.04 Å². The third kappa shape index (κ3) is 5.27. The minimum absolute atomic E-state index is 0.210. The Bertz CT molecular complexity index is 503. The number of hydrogen-bond acceptors (Lipinski definition) is 3. The molecule has 1 heterocycles. The molecule has 2 aromatic rings. The van der Waals surface area contributed by atoms with Gasteiger partial charge in [-0.1, -0.05) is 26.0 Å². The summed E-state index contributed by atoms with van der Waals surface area (Å²) in [4.78, 5) is 0. The highest BCUT2D eigenvalue weighted by atomic mass is 16.5. The zero-order valence-electron chi connectivity index (χ0n) is 13.1. The van der Waals surface area contributed by atoms with Crippen LogP contribution in [0.15, 0.2) is 47.1 Å². The molecule has 1 N–H and O–H groups in total. The standard InChI is InChI=1S/C18H25NO2/c1-14(2)10-12-20-17-8-6-16(7-9-17)13-19-15(3)18-5-4-11-21-18/h4-9,11,14-15,19H,10,12-13H2,1-3H3/t15-/m0/s1. The number of nitrogens with one attached hydrogen (secondary N) is 1. The molecule has 0 aliphatic rings. The predicted octanol–water partition coefficient (Wildman–Crippen LogP) is 4.56. The van der Waals surface area contributed by atoms with Crippen molar-refractivity contribution in [1.82, 2.24) is 5.32 Å². The molecule has 0 radical (unpaired) electrons. The van der Waals surface area contributed by atoms with E-state index in [2.05, 4.69) is 38.2 Å². The first-order valence-electron chi connectivity index (χ1n) is 7.63. The van der Waals surface area contributed by atoms with Crippen LogP contribution in [0.4, 0.5) is 0 Å². The largest absolute Gasteiger partial charge is 0.494 e. The molecule has 0 spiro atoms. The first-order chi connectivity index (χ1) is 10.1. The van der Waals surface area contributed by atoms with Crippen LogP contribution >= 0.6 is 0 Å². The van der Waals surface area contributed by atoms with Gasteiger partial charge in [-0.25, -0.2) is 0 Å². The summed E-state index contributed by atoms with van der Waals surface area (Å²) in [5.41, 5.74) is 1.24. The van der Waals surface area contributed by atoms with Gasteiger partial charge in [-0.15, -0.1) is 0 Å². The minimum atomic E-state index is 0.210. The van der Waals surface area contributed by atoms with Crippen LogP contribution in [0.5, 0.6) is 5.75 Å². The molecule has 1 aromatic heterocycles. The van der Waals surface area contributed by atoms with Crippen molar-refractivity contribution in [1.29, 1.82) is 0 Å². The molecule has 0 saturated carbocycles. The Hall–Kier alpha value is -1.74. The fraction of sp³-hybridized carbons (Fsp3) is 0.444. The summed E-state index contributed by atoms with van der Waals surface area (Å²) in [6.07, 6.45) is 2.79. The lowest BCUT2D eigenvalue weighted by Crippen LogP contribution is -2.17. The van der Waals surface area contributed by atoms with Gasteiger partial charge < -0.3 is 14.5 Å². The Morgan fingerprint density at radius 2 is 1.86 bits per heavy atom. The van der Waals surface area contributed by atoms with E-state index >= 15 is 0 Å². The SMILES string of the molecule is CC(C)CCOc1ccc(CN[C@@H](C)c2ccco2)cc1. The summed E-state index contributed by atoms with van der Waals surface area (Å²) in [6, 6.07) is 12.4. The van der Waals surface area contributed by atoms with Gasteiger partial charge >= 0.3 is 0 Å². The highest BCUT2D eigenvalue weighted by molar-refractivity contribution is 5.27. The van der Waals surface area contributed by atoms with Crippen LogP contribution in [-0.2, 0) is 6.54 Å². The molecule has 0 aliphatic carbocycles. The Morgan fingerprint density at radius 1 is 1.10 bits per heavy atom. The average Bonchev–Trinajstić information content (AvgIpc) is 3.00. The third-order valence-corrected chi connectivity index (χ3v) is 3.47. The summed E-state index contributed by atoms with van der Waals surface area (Å²) in [5.74, 6) is 2.58. The molecule has 114 valence electrons. The Kier molecular flexibility index (Phi) is 5.88. The quantitative estimate of drug-likeness (QED) is 0.773. The molecular weight excluding hydrogens is 262 g/mol. The van der Waals surface area contributed by atoms with Gasteiger partial charge in [0, 0.05) is 6.54 Å². The maximum atomic E-state index is 5.72. The van der Waals surface area contributed by atoms with Crippen LogP contribution in [0.25, 0.3) is 0 Å². The van der Waals surface area contributed by atoms with Gasteiger partial charge in [0.25, 0.3) is 0 Å². The Balaban J connectivity index is 1.77. The van der Waals surface area contributed by atoms with E-state index < -0.39 is 0 Å². The zero-order valence-corrected chi connectivity index (χ0v) is 13.1. The first-order valence-corrected chi connectivity index (χ1v) is 7.63. The maximum absolute atomic E-state index is 5.72. The minimum Gasteiger partial charge on any atom is -0.494 e. The van der Waals surface area contributed by atoms with E-state index in [1.165, 1.54) is 5.56 Å². The summed E-state index contributed by atoms with van der Waals surface area (Å²) >= 11 is 0. The van der Waals surface area contributed by atoms with Crippen molar-refractivity contribution in [3.63, 3.8) is 0 Å². The van der Waals surface area contributed by atoms with Crippen molar-refractivity contribution in [3.05, 3.63) is 54.0 Å². The fourth-order valence-corrected chi connectivity index (χ4v) is 2.03. The van der Waals surface area contributed by atoms with Crippen LogP contribution in [0.2, 0.25) is 0 Å². The van der Waals surface area contributed by atoms with Gasteiger partial charge in [0.2, 0.25) is 0 Å². The van der Waals surface area contributed by atoms with Crippen LogP contribution in [0.1, 0.15) is 44.6 Å². The first kappa shape index (κ1) is 15.6. The van der Waals surface area contributed by atoms with E-state index in [1.807, 2.05) is 24.3 Å². The van der Waals surface area contributed by atoms with Gasteiger partial charge in [0.1, 0.15) is 11.5 Å². The van der Waals surface area contributed by atoms with Crippen LogP contribution in [0, 0.1) is 5.92 Å². The topological polar surface area (TPSA) is 34.4 Å². The van der Waals surface area contributed by atoms with Crippen molar-refractivity contribution in [2.45, 2.75) is 39.8 Å². The summed E-state index contributed by atoms with van der Waals surface area (Å²) in [6.45, 7) is 8.11. The summed E-state index contributed by atoms with van der Waals surface area (Å²) in [5, 5.41) is 3.44. The molecule has 1 aromatic carbocycles. The van der Waals surface area contributed by atoms with Gasteiger partial charge in [-0.05, 0) is 49.1 Å². The summed E-state index contributed by atoms with van der Waals surface area (Å²) < 4.78 is 11.1. The van der Waals surface area contributed by atoms with Crippen molar-refractivity contribution in [2.75, 3.05) is 6.61 Å². The molecule has 0 fully saturated rings. The molecule has 1 atom stereocenters. The number of rotatable bonds is 8. The molecule has 3 heteroatoms. The third-order valence-electron chi connectivity index (χ3n) is 3.47. The molecule has 0 amide bonds. The molecule has 0 bridgehead atoms. The second-order valence-corrected chi connectivity index (χ2v) is 5.79. The zero-order chi connectivity index (χ0) is 15.1. The molecule has 0 unspecified atom stereocenters. The number of furan rings is 1. The van der Waals surface area contributed by atoms with Crippen molar-refractivity contribution in [2.24, 2.45) is 5.92 Å². The monoisotopic (exact) mass is 287 g/mol. The number of hydrogen-bond donors (Lipinski definition) is 1. The van der Waals surface area contributed by atoms with Gasteiger partial charge in [0.05, 0.1) is 18.9 Å².